The molecule has 1 fully saturated rings. The van der Waals surface area contributed by atoms with E-state index in [4.69, 9.17) is 9.26 Å². The van der Waals surface area contributed by atoms with Crippen LogP contribution in [0.15, 0.2) is 22.7 Å². The first-order valence-electron chi connectivity index (χ1n) is 7.61. The number of aliphatic hydroxyl groups excluding tert-OH is 1. The van der Waals surface area contributed by atoms with Crippen molar-refractivity contribution in [2.75, 3.05) is 31.2 Å². The van der Waals surface area contributed by atoms with E-state index in [9.17, 15) is 9.90 Å². The van der Waals surface area contributed by atoms with Crippen molar-refractivity contribution in [3.05, 3.63) is 23.9 Å². The van der Waals surface area contributed by atoms with E-state index in [1.54, 1.807) is 6.92 Å². The van der Waals surface area contributed by atoms with Gasteiger partial charge in [-0.05, 0) is 25.5 Å². The summed E-state index contributed by atoms with van der Waals surface area (Å²) in [6.07, 6.45) is 1.08. The minimum Gasteiger partial charge on any atom is -0.466 e. The highest BCUT2D eigenvalue weighted by molar-refractivity contribution is 5.92. The third-order valence-electron chi connectivity index (χ3n) is 4.05. The van der Waals surface area contributed by atoms with E-state index in [0.717, 1.165) is 30.6 Å². The van der Waals surface area contributed by atoms with Gasteiger partial charge in [0.15, 0.2) is 5.58 Å². The maximum atomic E-state index is 11.6. The van der Waals surface area contributed by atoms with E-state index in [-0.39, 0.29) is 19.0 Å². The molecule has 1 N–H and O–H groups in total. The van der Waals surface area contributed by atoms with Crippen LogP contribution < -0.4 is 4.90 Å². The van der Waals surface area contributed by atoms with Crippen LogP contribution in [0.4, 0.5) is 5.69 Å². The van der Waals surface area contributed by atoms with Gasteiger partial charge in [-0.15, -0.1) is 0 Å². The normalized spacial score (nSPS) is 18.1. The monoisotopic (exact) mass is 304 g/mol. The highest BCUT2D eigenvalue weighted by Gasteiger charge is 2.25. The number of para-hydroxylation sites is 1. The Morgan fingerprint density at radius 2 is 2.41 bits per heavy atom. The minimum atomic E-state index is -0.301. The number of aliphatic hydroxyl groups is 1. The molecule has 3 rings (SSSR count). The van der Waals surface area contributed by atoms with E-state index in [1.165, 1.54) is 0 Å². The number of hydrogen-bond donors (Lipinski definition) is 1. The van der Waals surface area contributed by atoms with Crippen LogP contribution in [0.5, 0.6) is 0 Å². The predicted octanol–water partition coefficient (Wildman–Crippen LogP) is 1.75. The zero-order valence-corrected chi connectivity index (χ0v) is 12.6. The summed E-state index contributed by atoms with van der Waals surface area (Å²) in [5.74, 6) is 0.00167. The van der Waals surface area contributed by atoms with Crippen LogP contribution in [0.3, 0.4) is 0 Å². The van der Waals surface area contributed by atoms with Gasteiger partial charge in [0, 0.05) is 31.0 Å². The van der Waals surface area contributed by atoms with Crippen molar-refractivity contribution in [3.63, 3.8) is 0 Å². The van der Waals surface area contributed by atoms with E-state index < -0.39 is 0 Å². The van der Waals surface area contributed by atoms with Crippen molar-refractivity contribution in [2.45, 2.75) is 19.8 Å². The lowest BCUT2D eigenvalue weighted by molar-refractivity contribution is -0.142. The number of esters is 1. The zero-order valence-electron chi connectivity index (χ0n) is 12.6. The van der Waals surface area contributed by atoms with Gasteiger partial charge in [-0.3, -0.25) is 4.79 Å². The third-order valence-corrected chi connectivity index (χ3v) is 4.05. The topological polar surface area (TPSA) is 75.8 Å². The van der Waals surface area contributed by atoms with Gasteiger partial charge in [0.1, 0.15) is 5.69 Å². The molecule has 1 aromatic carbocycles. The van der Waals surface area contributed by atoms with Gasteiger partial charge < -0.3 is 19.3 Å². The standard InChI is InChI=1S/C16H20N2O4/c1-2-21-15(20)8-13-12-4-3-5-14(16(12)22-17-13)18-7-6-11(9-18)10-19/h3-5,11,19H,2,6-10H2,1H3/t11-/m0/s1. The molecule has 2 aromatic rings. The second kappa shape index (κ2) is 6.36. The zero-order chi connectivity index (χ0) is 15.5. The molecule has 6 heteroatoms. The minimum absolute atomic E-state index is 0.115. The number of carbonyl (C=O) groups excluding carboxylic acids is 1. The maximum absolute atomic E-state index is 11.6. The lowest BCUT2D eigenvalue weighted by Gasteiger charge is -2.18. The molecular weight excluding hydrogens is 284 g/mol. The van der Waals surface area contributed by atoms with E-state index in [1.807, 2.05) is 18.2 Å². The molecule has 6 nitrogen and oxygen atoms in total. The Morgan fingerprint density at radius 1 is 1.55 bits per heavy atom. The van der Waals surface area contributed by atoms with Crippen molar-refractivity contribution in [1.29, 1.82) is 0 Å². The molecule has 118 valence electrons. The smallest absolute Gasteiger partial charge is 0.312 e. The lowest BCUT2D eigenvalue weighted by atomic mass is 10.1. The van der Waals surface area contributed by atoms with Crippen LogP contribution in [-0.4, -0.2) is 42.5 Å². The van der Waals surface area contributed by atoms with Gasteiger partial charge >= 0.3 is 5.97 Å². The number of nitrogens with zero attached hydrogens (tertiary/aromatic N) is 2. The summed E-state index contributed by atoms with van der Waals surface area (Å²) in [4.78, 5) is 13.8. The Balaban J connectivity index is 1.87. The van der Waals surface area contributed by atoms with E-state index in [0.29, 0.717) is 23.8 Å². The number of rotatable bonds is 5. The lowest BCUT2D eigenvalue weighted by Crippen LogP contribution is -2.20. The fourth-order valence-electron chi connectivity index (χ4n) is 2.92. The number of aromatic nitrogens is 1. The number of hydrogen-bond acceptors (Lipinski definition) is 6. The van der Waals surface area contributed by atoms with Gasteiger partial charge in [-0.2, -0.15) is 0 Å². The number of anilines is 1. The highest BCUT2D eigenvalue weighted by Crippen LogP contribution is 2.32. The molecule has 1 saturated heterocycles. The van der Waals surface area contributed by atoms with Crippen LogP contribution in [-0.2, 0) is 16.0 Å². The van der Waals surface area contributed by atoms with E-state index in [2.05, 4.69) is 10.1 Å². The van der Waals surface area contributed by atoms with Crippen LogP contribution in [0, 0.1) is 5.92 Å². The molecule has 0 saturated carbocycles. The van der Waals surface area contributed by atoms with Crippen LogP contribution >= 0.6 is 0 Å². The first-order valence-corrected chi connectivity index (χ1v) is 7.61. The van der Waals surface area contributed by atoms with Crippen molar-refractivity contribution in [3.8, 4) is 0 Å². The Labute approximate surface area is 128 Å². The first kappa shape index (κ1) is 14.8. The van der Waals surface area contributed by atoms with Crippen LogP contribution in [0.1, 0.15) is 19.0 Å². The molecule has 1 aliphatic heterocycles. The number of benzene rings is 1. The molecule has 0 spiro atoms. The van der Waals surface area contributed by atoms with Gasteiger partial charge in [0.25, 0.3) is 0 Å². The predicted molar refractivity (Wildman–Crippen MR) is 81.8 cm³/mol. The van der Waals surface area contributed by atoms with Crippen molar-refractivity contribution >= 4 is 22.6 Å². The van der Waals surface area contributed by atoms with Crippen LogP contribution in [0.25, 0.3) is 11.0 Å². The summed E-state index contributed by atoms with van der Waals surface area (Å²) in [5.41, 5.74) is 2.27. The molecule has 1 atom stereocenters. The molecule has 0 bridgehead atoms. The largest absolute Gasteiger partial charge is 0.466 e. The molecular formula is C16H20N2O4. The summed E-state index contributed by atoms with van der Waals surface area (Å²) in [6, 6.07) is 5.83. The Hall–Kier alpha value is -2.08. The average Bonchev–Trinajstić information content (AvgIpc) is 3.14. The SMILES string of the molecule is CCOC(=O)Cc1noc2c(N3CC[C@H](CO)C3)cccc12. The summed E-state index contributed by atoms with van der Waals surface area (Å²) in [6.45, 7) is 4.04. The van der Waals surface area contributed by atoms with Gasteiger partial charge in [0.2, 0.25) is 0 Å². The quantitative estimate of drug-likeness (QED) is 0.848. The van der Waals surface area contributed by atoms with Crippen molar-refractivity contribution in [2.24, 2.45) is 5.92 Å². The molecule has 0 unspecified atom stereocenters. The molecule has 0 amide bonds. The summed E-state index contributed by atoms with van der Waals surface area (Å²) < 4.78 is 10.4. The van der Waals surface area contributed by atoms with Crippen molar-refractivity contribution < 1.29 is 19.2 Å². The molecule has 2 heterocycles. The first-order chi connectivity index (χ1) is 10.7. The second-order valence-corrected chi connectivity index (χ2v) is 5.55. The number of carbonyl (C=O) groups is 1. The Kier molecular flexibility index (Phi) is 4.29. The van der Waals surface area contributed by atoms with Crippen LogP contribution in [0.2, 0.25) is 0 Å². The number of fused-ring (bicyclic) bond motifs is 1. The molecule has 0 aliphatic carbocycles. The summed E-state index contributed by atoms with van der Waals surface area (Å²) >= 11 is 0. The molecule has 22 heavy (non-hydrogen) atoms. The fraction of sp³-hybridized carbons (Fsp3) is 0.500. The van der Waals surface area contributed by atoms with E-state index >= 15 is 0 Å². The van der Waals surface area contributed by atoms with Crippen molar-refractivity contribution in [1.82, 2.24) is 5.16 Å². The summed E-state index contributed by atoms with van der Waals surface area (Å²) in [5, 5.41) is 14.2. The Bertz CT molecular complexity index is 667. The number of ether oxygens (including phenoxy) is 1. The third kappa shape index (κ3) is 2.78. The molecule has 0 radical (unpaired) electrons. The summed E-state index contributed by atoms with van der Waals surface area (Å²) in [7, 11) is 0. The molecule has 1 aromatic heterocycles. The maximum Gasteiger partial charge on any atom is 0.312 e. The van der Waals surface area contributed by atoms with Gasteiger partial charge in [-0.1, -0.05) is 11.2 Å². The highest BCUT2D eigenvalue weighted by atomic mass is 16.5. The Morgan fingerprint density at radius 3 is 3.14 bits per heavy atom. The average molecular weight is 304 g/mol. The fourth-order valence-corrected chi connectivity index (χ4v) is 2.92. The van der Waals surface area contributed by atoms with Gasteiger partial charge in [-0.25, -0.2) is 0 Å². The second-order valence-electron chi connectivity index (χ2n) is 5.55. The molecule has 1 aliphatic rings. The van der Waals surface area contributed by atoms with Gasteiger partial charge in [0.05, 0.1) is 18.7 Å².